The fraction of sp³-hybridized carbons (Fsp3) is 0.333. The van der Waals surface area contributed by atoms with Crippen LogP contribution in [0.5, 0.6) is 11.5 Å². The van der Waals surface area contributed by atoms with E-state index < -0.39 is 0 Å². The minimum atomic E-state index is -0.318. The zero-order valence-corrected chi connectivity index (χ0v) is 15.4. The van der Waals surface area contributed by atoms with Crippen molar-refractivity contribution in [3.05, 3.63) is 54.6 Å². The van der Waals surface area contributed by atoms with E-state index in [-0.39, 0.29) is 29.7 Å². The average Bonchev–Trinajstić information content (AvgIpc) is 2.97. The Morgan fingerprint density at radius 2 is 1.65 bits per heavy atom. The SMILES string of the molecule is CC(C)(C)NC(=O)C1CC(=O)N(c2ccc(Oc3ccccc3)cc2)C1. The molecule has 1 aliphatic heterocycles. The lowest BCUT2D eigenvalue weighted by Crippen LogP contribution is -2.44. The van der Waals surface area contributed by atoms with Gasteiger partial charge in [-0.25, -0.2) is 0 Å². The molecular formula is C21H24N2O3. The highest BCUT2D eigenvalue weighted by atomic mass is 16.5. The first-order valence-corrected chi connectivity index (χ1v) is 8.77. The molecule has 2 amide bonds. The predicted molar refractivity (Wildman–Crippen MR) is 101 cm³/mol. The number of hydrogen-bond acceptors (Lipinski definition) is 3. The number of para-hydroxylation sites is 1. The molecule has 2 aromatic carbocycles. The molecule has 0 radical (unpaired) electrons. The summed E-state index contributed by atoms with van der Waals surface area (Å²) in [4.78, 5) is 26.3. The molecule has 1 heterocycles. The molecule has 136 valence electrons. The Balaban J connectivity index is 1.66. The molecule has 5 nitrogen and oxygen atoms in total. The highest BCUT2D eigenvalue weighted by Gasteiger charge is 2.36. The normalized spacial score (nSPS) is 17.3. The fourth-order valence-corrected chi connectivity index (χ4v) is 2.92. The second-order valence-electron chi connectivity index (χ2n) is 7.55. The number of anilines is 1. The van der Waals surface area contributed by atoms with Gasteiger partial charge in [0.1, 0.15) is 11.5 Å². The van der Waals surface area contributed by atoms with E-state index in [9.17, 15) is 9.59 Å². The zero-order chi connectivity index (χ0) is 18.7. The van der Waals surface area contributed by atoms with Gasteiger partial charge in [-0.3, -0.25) is 9.59 Å². The van der Waals surface area contributed by atoms with E-state index in [1.165, 1.54) is 0 Å². The topological polar surface area (TPSA) is 58.6 Å². The summed E-state index contributed by atoms with van der Waals surface area (Å²) in [5.41, 5.74) is 0.478. The van der Waals surface area contributed by atoms with Gasteiger partial charge in [-0.2, -0.15) is 0 Å². The summed E-state index contributed by atoms with van der Waals surface area (Å²) < 4.78 is 5.77. The number of nitrogens with zero attached hydrogens (tertiary/aromatic N) is 1. The standard InChI is InChI=1S/C21H24N2O3/c1-21(2,3)22-20(25)15-13-19(24)23(14-15)16-9-11-18(12-10-16)26-17-7-5-4-6-8-17/h4-12,15H,13-14H2,1-3H3,(H,22,25). The van der Waals surface area contributed by atoms with E-state index in [4.69, 9.17) is 4.74 Å². The third-order valence-electron chi connectivity index (χ3n) is 4.12. The summed E-state index contributed by atoms with van der Waals surface area (Å²) in [5.74, 6) is 1.04. The van der Waals surface area contributed by atoms with Gasteiger partial charge in [-0.1, -0.05) is 18.2 Å². The van der Waals surface area contributed by atoms with Crippen molar-refractivity contribution in [2.24, 2.45) is 5.92 Å². The van der Waals surface area contributed by atoms with Crippen LogP contribution < -0.4 is 15.0 Å². The minimum absolute atomic E-state index is 0.0317. The molecule has 0 spiro atoms. The molecule has 1 unspecified atom stereocenters. The summed E-state index contributed by atoms with van der Waals surface area (Å²) in [6.45, 7) is 6.21. The lowest BCUT2D eigenvalue weighted by molar-refractivity contribution is -0.127. The summed E-state index contributed by atoms with van der Waals surface area (Å²) in [5, 5.41) is 2.95. The predicted octanol–water partition coefficient (Wildman–Crippen LogP) is 3.75. The quantitative estimate of drug-likeness (QED) is 0.912. The fourth-order valence-electron chi connectivity index (χ4n) is 2.92. The van der Waals surface area contributed by atoms with E-state index in [0.29, 0.717) is 12.3 Å². The van der Waals surface area contributed by atoms with Crippen molar-refractivity contribution < 1.29 is 14.3 Å². The molecule has 0 bridgehead atoms. The van der Waals surface area contributed by atoms with E-state index in [0.717, 1.165) is 11.4 Å². The van der Waals surface area contributed by atoms with Crippen LogP contribution in [0.4, 0.5) is 5.69 Å². The Bertz CT molecular complexity index is 779. The van der Waals surface area contributed by atoms with E-state index >= 15 is 0 Å². The number of ether oxygens (including phenoxy) is 1. The van der Waals surface area contributed by atoms with E-state index in [1.54, 1.807) is 4.90 Å². The Labute approximate surface area is 154 Å². The molecule has 3 rings (SSSR count). The van der Waals surface area contributed by atoms with Crippen LogP contribution in [0.1, 0.15) is 27.2 Å². The van der Waals surface area contributed by atoms with Crippen LogP contribution in [0.3, 0.4) is 0 Å². The smallest absolute Gasteiger partial charge is 0.227 e. The van der Waals surface area contributed by atoms with Crippen LogP contribution in [0.15, 0.2) is 54.6 Å². The van der Waals surface area contributed by atoms with Crippen molar-refractivity contribution in [1.29, 1.82) is 0 Å². The molecule has 1 atom stereocenters. The van der Waals surface area contributed by atoms with Crippen molar-refractivity contribution in [1.82, 2.24) is 5.32 Å². The van der Waals surface area contributed by atoms with Gasteiger partial charge in [0.05, 0.1) is 5.92 Å². The molecule has 0 aromatic heterocycles. The van der Waals surface area contributed by atoms with Gasteiger partial charge >= 0.3 is 0 Å². The lowest BCUT2D eigenvalue weighted by Gasteiger charge is -2.23. The van der Waals surface area contributed by atoms with E-state index in [1.807, 2.05) is 75.4 Å². The average molecular weight is 352 g/mol. The molecule has 1 saturated heterocycles. The Morgan fingerprint density at radius 1 is 1.04 bits per heavy atom. The van der Waals surface area contributed by atoms with Crippen molar-refractivity contribution in [2.45, 2.75) is 32.7 Å². The van der Waals surface area contributed by atoms with Crippen molar-refractivity contribution >= 4 is 17.5 Å². The van der Waals surface area contributed by atoms with Crippen molar-refractivity contribution in [3.63, 3.8) is 0 Å². The van der Waals surface area contributed by atoms with Gasteiger partial charge in [0.15, 0.2) is 0 Å². The highest BCUT2D eigenvalue weighted by molar-refractivity contribution is 6.00. The Morgan fingerprint density at radius 3 is 2.27 bits per heavy atom. The van der Waals surface area contributed by atoms with E-state index in [2.05, 4.69) is 5.32 Å². The van der Waals surface area contributed by atoms with Gasteiger partial charge in [0.2, 0.25) is 11.8 Å². The maximum Gasteiger partial charge on any atom is 0.227 e. The molecular weight excluding hydrogens is 328 g/mol. The first-order chi connectivity index (χ1) is 12.3. The third kappa shape index (κ3) is 4.42. The van der Waals surface area contributed by atoms with Gasteiger partial charge in [0.25, 0.3) is 0 Å². The number of rotatable bonds is 4. The number of hydrogen-bond donors (Lipinski definition) is 1. The summed E-state index contributed by atoms with van der Waals surface area (Å²) in [6, 6.07) is 16.9. The molecule has 0 aliphatic carbocycles. The van der Waals surface area contributed by atoms with Crippen LogP contribution >= 0.6 is 0 Å². The zero-order valence-electron chi connectivity index (χ0n) is 15.4. The lowest BCUT2D eigenvalue weighted by atomic mass is 10.0. The van der Waals surface area contributed by atoms with Crippen LogP contribution in [-0.4, -0.2) is 23.9 Å². The van der Waals surface area contributed by atoms with Crippen molar-refractivity contribution in [2.75, 3.05) is 11.4 Å². The number of carbonyl (C=O) groups is 2. The van der Waals surface area contributed by atoms with Gasteiger partial charge in [0, 0.05) is 24.2 Å². The summed E-state index contributed by atoms with van der Waals surface area (Å²) >= 11 is 0. The van der Waals surface area contributed by atoms with Gasteiger partial charge in [-0.15, -0.1) is 0 Å². The highest BCUT2D eigenvalue weighted by Crippen LogP contribution is 2.29. The molecule has 1 aliphatic rings. The second kappa shape index (κ2) is 7.20. The maximum atomic E-state index is 12.3. The Kier molecular flexibility index (Phi) is 4.98. The van der Waals surface area contributed by atoms with Crippen LogP contribution in [0.25, 0.3) is 0 Å². The number of amides is 2. The van der Waals surface area contributed by atoms with Crippen molar-refractivity contribution in [3.8, 4) is 11.5 Å². The molecule has 5 heteroatoms. The monoisotopic (exact) mass is 352 g/mol. The second-order valence-corrected chi connectivity index (χ2v) is 7.55. The maximum absolute atomic E-state index is 12.3. The number of nitrogens with one attached hydrogen (secondary N) is 1. The molecule has 26 heavy (non-hydrogen) atoms. The molecule has 0 saturated carbocycles. The molecule has 1 fully saturated rings. The largest absolute Gasteiger partial charge is 0.457 e. The van der Waals surface area contributed by atoms with Gasteiger partial charge < -0.3 is 15.0 Å². The first-order valence-electron chi connectivity index (χ1n) is 8.77. The summed E-state index contributed by atoms with van der Waals surface area (Å²) in [6.07, 6.45) is 0.240. The molecule has 2 aromatic rings. The van der Waals surface area contributed by atoms with Crippen LogP contribution in [0.2, 0.25) is 0 Å². The third-order valence-corrected chi connectivity index (χ3v) is 4.12. The number of benzene rings is 2. The number of carbonyl (C=O) groups excluding carboxylic acids is 2. The van der Waals surface area contributed by atoms with Gasteiger partial charge in [-0.05, 0) is 57.2 Å². The van der Waals surface area contributed by atoms with Crippen LogP contribution in [0, 0.1) is 5.92 Å². The van der Waals surface area contributed by atoms with Crippen LogP contribution in [-0.2, 0) is 9.59 Å². The Hall–Kier alpha value is -2.82. The molecule has 1 N–H and O–H groups in total. The summed E-state index contributed by atoms with van der Waals surface area (Å²) in [7, 11) is 0. The minimum Gasteiger partial charge on any atom is -0.457 e. The first kappa shape index (κ1) is 18.0.